The van der Waals surface area contributed by atoms with Gasteiger partial charge in [0.15, 0.2) is 0 Å². The summed E-state index contributed by atoms with van der Waals surface area (Å²) in [5, 5.41) is 0. The van der Waals surface area contributed by atoms with Crippen molar-refractivity contribution in [1.29, 1.82) is 0 Å². The molecule has 0 aromatic carbocycles. The number of halogens is 1. The van der Waals surface area contributed by atoms with Gasteiger partial charge in [0.1, 0.15) is 0 Å². The van der Waals surface area contributed by atoms with E-state index in [9.17, 15) is 0 Å². The van der Waals surface area contributed by atoms with Crippen molar-refractivity contribution in [3.63, 3.8) is 0 Å². The zero-order valence-electron chi connectivity index (χ0n) is 7.44. The van der Waals surface area contributed by atoms with Gasteiger partial charge in [-0.25, -0.2) is 0 Å². The Bertz CT molecular complexity index is 48.4. The van der Waals surface area contributed by atoms with Crippen molar-refractivity contribution in [2.75, 3.05) is 13.2 Å². The van der Waals surface area contributed by atoms with Gasteiger partial charge >= 0.3 is 46.0 Å². The molecule has 0 aromatic heterocycles. The van der Waals surface area contributed by atoms with Crippen LogP contribution in [-0.4, -0.2) is 34.9 Å². The summed E-state index contributed by atoms with van der Waals surface area (Å²) in [5.41, 5.74) is 0. The smallest absolute Gasteiger partial charge is 1.00 e. The van der Waals surface area contributed by atoms with Crippen molar-refractivity contribution >= 4 is 21.7 Å². The largest absolute Gasteiger partial charge is 1.00 e. The molecule has 11 heavy (non-hydrogen) atoms. The molecular formula is C8H17BrMgO. The predicted molar refractivity (Wildman–Crippen MR) is 45.5 cm³/mol. The standard InChI is InChI=1S/C4H8O.C4H9.BrH.Mg/c1-2-4-5-3-1;1-3-4-2;;/h1-4H2;1,3-4H2,2H3;1H;/q;;;+1/p-1. The average Bonchev–Trinajstić information content (AvgIpc) is 2.44. The van der Waals surface area contributed by atoms with E-state index in [4.69, 9.17) is 4.74 Å². The zero-order valence-corrected chi connectivity index (χ0v) is 10.4. The van der Waals surface area contributed by atoms with Gasteiger partial charge in [-0.2, -0.15) is 0 Å². The van der Waals surface area contributed by atoms with Crippen molar-refractivity contribution in [2.45, 2.75) is 37.2 Å². The van der Waals surface area contributed by atoms with Gasteiger partial charge in [0.2, 0.25) is 0 Å². The molecule has 1 aliphatic heterocycles. The third-order valence-electron chi connectivity index (χ3n) is 1.43. The summed E-state index contributed by atoms with van der Waals surface area (Å²) in [7, 11) is 0. The minimum atomic E-state index is 0. The van der Waals surface area contributed by atoms with E-state index in [0.717, 1.165) is 13.2 Å². The second-order valence-corrected chi connectivity index (χ2v) is 3.23. The van der Waals surface area contributed by atoms with Crippen molar-refractivity contribution in [3.05, 3.63) is 0 Å². The Labute approximate surface area is 93.5 Å². The van der Waals surface area contributed by atoms with Crippen LogP contribution in [0.1, 0.15) is 32.6 Å². The number of hydrogen-bond acceptors (Lipinski definition) is 1. The molecule has 0 aliphatic carbocycles. The summed E-state index contributed by atoms with van der Waals surface area (Å²) in [6.07, 6.45) is 5.31. The third-order valence-corrected chi connectivity index (χ3v) is 1.93. The number of unbranched alkanes of at least 4 members (excludes halogenated alkanes) is 1. The van der Waals surface area contributed by atoms with Gasteiger partial charge in [-0.05, 0) is 12.8 Å². The molecule has 1 saturated heterocycles. The molecule has 0 radical (unpaired) electrons. The normalized spacial score (nSPS) is 14.8. The topological polar surface area (TPSA) is 9.23 Å². The molecule has 0 N–H and O–H groups in total. The summed E-state index contributed by atoms with van der Waals surface area (Å²) in [5.74, 6) is 0. The molecular weight excluding hydrogens is 216 g/mol. The van der Waals surface area contributed by atoms with Crippen molar-refractivity contribution in [2.24, 2.45) is 0 Å². The molecule has 0 aromatic rings. The summed E-state index contributed by atoms with van der Waals surface area (Å²) in [6, 6.07) is 0. The molecule has 1 rings (SSSR count). The Hall–Kier alpha value is 1.21. The van der Waals surface area contributed by atoms with E-state index >= 15 is 0 Å². The molecule has 0 spiro atoms. The van der Waals surface area contributed by atoms with Gasteiger partial charge in [0.05, 0.1) is 0 Å². The van der Waals surface area contributed by atoms with Crippen molar-refractivity contribution < 1.29 is 21.7 Å². The van der Waals surface area contributed by atoms with Crippen molar-refractivity contribution in [1.82, 2.24) is 0 Å². The summed E-state index contributed by atoms with van der Waals surface area (Å²) in [6.45, 7) is 4.22. The van der Waals surface area contributed by atoms with Crippen LogP contribution in [-0.2, 0) is 4.74 Å². The quantitative estimate of drug-likeness (QED) is 0.566. The second-order valence-electron chi connectivity index (χ2n) is 2.53. The molecule has 0 bridgehead atoms. The first-order valence-electron chi connectivity index (χ1n) is 4.28. The zero-order chi connectivity index (χ0) is 7.66. The maximum absolute atomic E-state index is 4.94. The maximum atomic E-state index is 4.94. The number of rotatable bonds is 2. The van der Waals surface area contributed by atoms with E-state index < -0.39 is 0 Å². The van der Waals surface area contributed by atoms with Crippen LogP contribution in [0.5, 0.6) is 0 Å². The van der Waals surface area contributed by atoms with E-state index in [-0.39, 0.29) is 17.0 Å². The van der Waals surface area contributed by atoms with Crippen LogP contribution in [0.2, 0.25) is 4.55 Å². The van der Waals surface area contributed by atoms with Gasteiger partial charge in [-0.3, -0.25) is 0 Å². The second kappa shape index (κ2) is 13.8. The Kier molecular flexibility index (Phi) is 18.4. The first-order chi connectivity index (χ1) is 4.91. The Morgan fingerprint density at radius 2 is 1.82 bits per heavy atom. The molecule has 1 heterocycles. The van der Waals surface area contributed by atoms with Crippen LogP contribution in [0.15, 0.2) is 0 Å². The predicted octanol–water partition coefficient (Wildman–Crippen LogP) is -0.826. The molecule has 0 atom stereocenters. The van der Waals surface area contributed by atoms with Gasteiger partial charge in [-0.15, -0.1) is 0 Å². The molecule has 0 saturated carbocycles. The summed E-state index contributed by atoms with van der Waals surface area (Å²) < 4.78 is 6.32. The SMILES string of the molecule is C1CCOC1.CCC[CH2][Mg+].[Br-]. The van der Waals surface area contributed by atoms with Crippen LogP contribution in [0.3, 0.4) is 0 Å². The fourth-order valence-corrected chi connectivity index (χ4v) is 1.26. The Balaban J connectivity index is 0. The first-order valence-corrected chi connectivity index (χ1v) is 5.28. The van der Waals surface area contributed by atoms with Crippen LogP contribution in [0.25, 0.3) is 0 Å². The number of hydrogen-bond donors (Lipinski definition) is 0. The van der Waals surface area contributed by atoms with Gasteiger partial charge in [0.25, 0.3) is 0 Å². The van der Waals surface area contributed by atoms with E-state index in [1.807, 2.05) is 21.7 Å². The monoisotopic (exact) mass is 232 g/mol. The van der Waals surface area contributed by atoms with E-state index in [2.05, 4.69) is 6.92 Å². The minimum Gasteiger partial charge on any atom is -1.00 e. The summed E-state index contributed by atoms with van der Waals surface area (Å²) in [4.78, 5) is 0. The van der Waals surface area contributed by atoms with Crippen LogP contribution in [0, 0.1) is 0 Å². The molecule has 64 valence electrons. The molecule has 0 amide bonds. The van der Waals surface area contributed by atoms with Gasteiger partial charge < -0.3 is 21.7 Å². The van der Waals surface area contributed by atoms with Crippen LogP contribution in [0.4, 0.5) is 0 Å². The molecule has 1 fully saturated rings. The fourth-order valence-electron chi connectivity index (χ4n) is 0.760. The summed E-state index contributed by atoms with van der Waals surface area (Å²) >= 11 is 2.05. The van der Waals surface area contributed by atoms with Gasteiger partial charge in [0, 0.05) is 13.2 Å². The average molecular weight is 233 g/mol. The van der Waals surface area contributed by atoms with Crippen LogP contribution >= 0.6 is 0 Å². The van der Waals surface area contributed by atoms with E-state index in [1.165, 1.54) is 30.2 Å². The third kappa shape index (κ3) is 14.1. The minimum absolute atomic E-state index is 0. The number of ether oxygens (including phenoxy) is 1. The van der Waals surface area contributed by atoms with E-state index in [0.29, 0.717) is 0 Å². The van der Waals surface area contributed by atoms with Gasteiger partial charge in [-0.1, -0.05) is 0 Å². The Morgan fingerprint density at radius 3 is 1.91 bits per heavy atom. The molecule has 0 unspecified atom stereocenters. The van der Waals surface area contributed by atoms with E-state index in [1.54, 1.807) is 0 Å². The van der Waals surface area contributed by atoms with Crippen LogP contribution < -0.4 is 17.0 Å². The fraction of sp³-hybridized carbons (Fsp3) is 1.00. The Morgan fingerprint density at radius 1 is 1.27 bits per heavy atom. The molecule has 3 heteroatoms. The maximum Gasteiger partial charge on any atom is -1.00 e. The molecule has 1 nitrogen and oxygen atoms in total. The van der Waals surface area contributed by atoms with Crippen molar-refractivity contribution in [3.8, 4) is 0 Å². The first kappa shape index (κ1) is 14.7. The molecule has 1 aliphatic rings.